The number of piperidine rings is 1. The molecule has 1 aliphatic heterocycles. The number of pyridine rings is 1. The lowest BCUT2D eigenvalue weighted by molar-refractivity contribution is 0.0915. The molecule has 166 valence electrons. The molecule has 31 heavy (non-hydrogen) atoms. The molecule has 2 N–H and O–H groups in total. The Bertz CT molecular complexity index is 1130. The van der Waals surface area contributed by atoms with Gasteiger partial charge in [0.1, 0.15) is 0 Å². The van der Waals surface area contributed by atoms with Crippen molar-refractivity contribution in [3.8, 4) is 0 Å². The van der Waals surface area contributed by atoms with Crippen LogP contribution >= 0.6 is 0 Å². The van der Waals surface area contributed by atoms with Gasteiger partial charge in [-0.05, 0) is 52.5 Å². The van der Waals surface area contributed by atoms with Crippen LogP contribution in [0.3, 0.4) is 0 Å². The van der Waals surface area contributed by atoms with Gasteiger partial charge in [0.05, 0.1) is 10.9 Å². The summed E-state index contributed by atoms with van der Waals surface area (Å²) >= 11 is 0. The largest absolute Gasteiger partial charge is 0.349 e. The van der Waals surface area contributed by atoms with E-state index in [2.05, 4.69) is 40.1 Å². The van der Waals surface area contributed by atoms with Gasteiger partial charge in [-0.1, -0.05) is 11.6 Å². The number of carbonyl (C=O) groups is 1. The number of amides is 1. The quantitative estimate of drug-likeness (QED) is 0.691. The molecular weight excluding hydrogens is 394 g/mol. The number of H-pyrrole nitrogens is 1. The van der Waals surface area contributed by atoms with Gasteiger partial charge >= 0.3 is 5.69 Å². The SMILES string of the molecule is CCn1c(=O)[nH]c(=O)c2c(C(=O)NC3CCN(CC=C(C)C)CC3)cc(C3CC3)nc21. The van der Waals surface area contributed by atoms with Gasteiger partial charge in [-0.2, -0.15) is 0 Å². The molecule has 0 bridgehead atoms. The van der Waals surface area contributed by atoms with Crippen LogP contribution < -0.4 is 16.6 Å². The number of likely N-dealkylation sites (tertiary alicyclic amines) is 1. The first-order chi connectivity index (χ1) is 14.9. The molecule has 0 radical (unpaired) electrons. The van der Waals surface area contributed by atoms with Crippen LogP contribution in [0.5, 0.6) is 0 Å². The van der Waals surface area contributed by atoms with Gasteiger partial charge in [0.15, 0.2) is 5.65 Å². The van der Waals surface area contributed by atoms with Gasteiger partial charge in [0, 0.05) is 43.8 Å². The minimum absolute atomic E-state index is 0.0687. The summed E-state index contributed by atoms with van der Waals surface area (Å²) in [6, 6.07) is 1.82. The number of aromatic amines is 1. The van der Waals surface area contributed by atoms with Crippen molar-refractivity contribution < 1.29 is 4.79 Å². The van der Waals surface area contributed by atoms with Crippen molar-refractivity contribution in [1.82, 2.24) is 24.8 Å². The molecule has 3 heterocycles. The molecule has 2 fully saturated rings. The molecule has 4 rings (SSSR count). The first-order valence-corrected chi connectivity index (χ1v) is 11.2. The maximum Gasteiger partial charge on any atom is 0.329 e. The molecular formula is C23H31N5O3. The van der Waals surface area contributed by atoms with Crippen LogP contribution in [0.25, 0.3) is 11.0 Å². The smallest absolute Gasteiger partial charge is 0.329 e. The third-order valence-corrected chi connectivity index (χ3v) is 6.21. The average Bonchev–Trinajstić information content (AvgIpc) is 3.58. The zero-order chi connectivity index (χ0) is 22.1. The van der Waals surface area contributed by atoms with E-state index in [9.17, 15) is 14.4 Å². The van der Waals surface area contributed by atoms with Gasteiger partial charge in [0.2, 0.25) is 0 Å². The third-order valence-electron chi connectivity index (χ3n) is 6.21. The fourth-order valence-electron chi connectivity index (χ4n) is 4.19. The van der Waals surface area contributed by atoms with Crippen molar-refractivity contribution in [2.24, 2.45) is 0 Å². The number of hydrogen-bond donors (Lipinski definition) is 2. The maximum atomic E-state index is 13.3. The predicted molar refractivity (Wildman–Crippen MR) is 121 cm³/mol. The van der Waals surface area contributed by atoms with E-state index in [1.807, 2.05) is 6.92 Å². The molecule has 0 atom stereocenters. The first kappa shape index (κ1) is 21.5. The Morgan fingerprint density at radius 2 is 1.94 bits per heavy atom. The number of fused-ring (bicyclic) bond motifs is 1. The topological polar surface area (TPSA) is 100 Å². The summed E-state index contributed by atoms with van der Waals surface area (Å²) in [7, 11) is 0. The van der Waals surface area contributed by atoms with E-state index < -0.39 is 11.2 Å². The summed E-state index contributed by atoms with van der Waals surface area (Å²) in [5.74, 6) is 0.0396. The Balaban J connectivity index is 1.60. The highest BCUT2D eigenvalue weighted by atomic mass is 16.2. The molecule has 0 spiro atoms. The number of hydrogen-bond acceptors (Lipinski definition) is 5. The molecule has 2 aromatic heterocycles. The molecule has 0 aromatic carbocycles. The molecule has 0 unspecified atom stereocenters. The van der Waals surface area contributed by atoms with E-state index in [4.69, 9.17) is 0 Å². The molecule has 1 aliphatic carbocycles. The summed E-state index contributed by atoms with van der Waals surface area (Å²) in [5.41, 5.74) is 1.69. The Labute approximate surface area is 181 Å². The summed E-state index contributed by atoms with van der Waals surface area (Å²) in [6.45, 7) is 9.19. The standard InChI is InChI=1S/C23H31N5O3/c1-4-28-20-19(22(30)26-23(28)31)17(13-18(25-20)15-5-6-15)21(29)24-16-8-11-27(12-9-16)10-7-14(2)3/h7,13,15-16H,4-6,8-12H2,1-3H3,(H,24,29)(H,26,30,31). The zero-order valence-electron chi connectivity index (χ0n) is 18.5. The van der Waals surface area contributed by atoms with E-state index in [0.717, 1.165) is 51.0 Å². The summed E-state index contributed by atoms with van der Waals surface area (Å²) < 4.78 is 1.43. The maximum absolute atomic E-state index is 13.3. The third kappa shape index (κ3) is 4.63. The number of nitrogens with one attached hydrogen (secondary N) is 2. The van der Waals surface area contributed by atoms with E-state index in [1.165, 1.54) is 10.1 Å². The van der Waals surface area contributed by atoms with Gasteiger partial charge in [-0.25, -0.2) is 9.78 Å². The second-order valence-corrected chi connectivity index (χ2v) is 8.90. The van der Waals surface area contributed by atoms with Crippen molar-refractivity contribution in [1.29, 1.82) is 0 Å². The summed E-state index contributed by atoms with van der Waals surface area (Å²) in [6.07, 6.45) is 6.00. The molecule has 1 saturated carbocycles. The lowest BCUT2D eigenvalue weighted by Crippen LogP contribution is -2.45. The van der Waals surface area contributed by atoms with Crippen LogP contribution in [0.15, 0.2) is 27.3 Å². The molecule has 2 aliphatic rings. The molecule has 8 heteroatoms. The van der Waals surface area contributed by atoms with Crippen LogP contribution in [0, 0.1) is 0 Å². The Morgan fingerprint density at radius 3 is 2.55 bits per heavy atom. The van der Waals surface area contributed by atoms with Gasteiger partial charge in [-0.15, -0.1) is 0 Å². The number of nitrogens with zero attached hydrogens (tertiary/aromatic N) is 3. The highest BCUT2D eigenvalue weighted by Gasteiger charge is 2.29. The molecule has 8 nitrogen and oxygen atoms in total. The van der Waals surface area contributed by atoms with E-state index in [1.54, 1.807) is 6.07 Å². The highest BCUT2D eigenvalue weighted by Crippen LogP contribution is 2.39. The van der Waals surface area contributed by atoms with E-state index >= 15 is 0 Å². The molecule has 2 aromatic rings. The first-order valence-electron chi connectivity index (χ1n) is 11.2. The number of allylic oxidation sites excluding steroid dienone is 1. The van der Waals surface area contributed by atoms with Crippen LogP contribution in [-0.4, -0.2) is 51.0 Å². The van der Waals surface area contributed by atoms with E-state index in [0.29, 0.717) is 23.7 Å². The van der Waals surface area contributed by atoms with Crippen molar-refractivity contribution in [3.63, 3.8) is 0 Å². The zero-order valence-corrected chi connectivity index (χ0v) is 18.5. The van der Waals surface area contributed by atoms with Crippen molar-refractivity contribution in [2.45, 2.75) is 65.0 Å². The predicted octanol–water partition coefficient (Wildman–Crippen LogP) is 2.14. The number of carbonyl (C=O) groups excluding carboxylic acids is 1. The fraction of sp³-hybridized carbons (Fsp3) is 0.565. The van der Waals surface area contributed by atoms with Gasteiger partial charge in [-0.3, -0.25) is 24.0 Å². The van der Waals surface area contributed by atoms with Crippen LogP contribution in [0.1, 0.15) is 68.4 Å². The molecule has 1 saturated heterocycles. The highest BCUT2D eigenvalue weighted by molar-refractivity contribution is 6.05. The van der Waals surface area contributed by atoms with Gasteiger partial charge in [0.25, 0.3) is 11.5 Å². The fourth-order valence-corrected chi connectivity index (χ4v) is 4.19. The summed E-state index contributed by atoms with van der Waals surface area (Å²) in [4.78, 5) is 47.5. The van der Waals surface area contributed by atoms with Crippen LogP contribution in [0.4, 0.5) is 0 Å². The molecule has 1 amide bonds. The van der Waals surface area contributed by atoms with Crippen LogP contribution in [-0.2, 0) is 6.54 Å². The Kier molecular flexibility index (Phi) is 6.09. The monoisotopic (exact) mass is 425 g/mol. The lowest BCUT2D eigenvalue weighted by atomic mass is 10.0. The van der Waals surface area contributed by atoms with Crippen molar-refractivity contribution >= 4 is 16.9 Å². The second-order valence-electron chi connectivity index (χ2n) is 8.90. The number of aromatic nitrogens is 3. The lowest BCUT2D eigenvalue weighted by Gasteiger charge is -2.31. The van der Waals surface area contributed by atoms with Gasteiger partial charge < -0.3 is 5.32 Å². The Hall–Kier alpha value is -2.74. The minimum Gasteiger partial charge on any atom is -0.349 e. The number of aryl methyl sites for hydroxylation is 1. The van der Waals surface area contributed by atoms with E-state index in [-0.39, 0.29) is 17.3 Å². The Morgan fingerprint density at radius 1 is 1.23 bits per heavy atom. The second kappa shape index (κ2) is 8.78. The summed E-state index contributed by atoms with van der Waals surface area (Å²) in [5, 5.41) is 3.33. The normalized spacial score (nSPS) is 17.6. The van der Waals surface area contributed by atoms with Crippen molar-refractivity contribution in [2.75, 3.05) is 19.6 Å². The van der Waals surface area contributed by atoms with Crippen LogP contribution in [0.2, 0.25) is 0 Å². The number of rotatable bonds is 6. The average molecular weight is 426 g/mol. The minimum atomic E-state index is -0.554. The van der Waals surface area contributed by atoms with Crippen molar-refractivity contribution in [3.05, 3.63) is 49.8 Å².